The van der Waals surface area contributed by atoms with Crippen molar-refractivity contribution in [3.8, 4) is 0 Å². The summed E-state index contributed by atoms with van der Waals surface area (Å²) in [4.78, 5) is 5.25. The molecule has 0 unspecified atom stereocenters. The molecule has 0 bridgehead atoms. The molecule has 0 aromatic heterocycles. The number of fused-ring (bicyclic) bond motifs is 1. The first-order valence-electron chi connectivity index (χ1n) is 6.56. The third-order valence-electron chi connectivity index (χ3n) is 3.21. The summed E-state index contributed by atoms with van der Waals surface area (Å²) in [5.74, 6) is 0.681. The van der Waals surface area contributed by atoms with Gasteiger partial charge in [-0.05, 0) is 6.07 Å². The zero-order chi connectivity index (χ0) is 14.7. The van der Waals surface area contributed by atoms with Crippen LogP contribution >= 0.6 is 11.6 Å². The smallest absolute Gasteiger partial charge is 0.195 e. The molecule has 0 amide bonds. The standard InChI is InChI=1S/C16H14ClN3O/c1-20(18-10-12-6-3-5-9-15(12)17)16-14-8-4-2-7-13(14)11-21-19-16/h2-10H,11H2,1H3/b18-10+. The first-order valence-corrected chi connectivity index (χ1v) is 6.94. The van der Waals surface area contributed by atoms with E-state index in [4.69, 9.17) is 16.4 Å². The summed E-state index contributed by atoms with van der Waals surface area (Å²) >= 11 is 6.11. The maximum absolute atomic E-state index is 6.11. The molecule has 0 fully saturated rings. The lowest BCUT2D eigenvalue weighted by atomic mass is 10.1. The number of hydrogen-bond acceptors (Lipinski definition) is 4. The fourth-order valence-corrected chi connectivity index (χ4v) is 2.28. The van der Waals surface area contributed by atoms with E-state index in [9.17, 15) is 0 Å². The fourth-order valence-electron chi connectivity index (χ4n) is 2.09. The van der Waals surface area contributed by atoms with Crippen molar-refractivity contribution in [1.29, 1.82) is 0 Å². The summed E-state index contributed by atoms with van der Waals surface area (Å²) < 4.78 is 0. The summed E-state index contributed by atoms with van der Waals surface area (Å²) in [7, 11) is 1.83. The van der Waals surface area contributed by atoms with Crippen molar-refractivity contribution in [1.82, 2.24) is 5.01 Å². The van der Waals surface area contributed by atoms with E-state index in [1.54, 1.807) is 11.2 Å². The third-order valence-corrected chi connectivity index (χ3v) is 3.56. The molecule has 1 aliphatic heterocycles. The van der Waals surface area contributed by atoms with Crippen molar-refractivity contribution in [2.75, 3.05) is 7.05 Å². The van der Waals surface area contributed by atoms with E-state index in [0.717, 1.165) is 16.7 Å². The van der Waals surface area contributed by atoms with E-state index < -0.39 is 0 Å². The Morgan fingerprint density at radius 2 is 1.95 bits per heavy atom. The minimum absolute atomic E-state index is 0.488. The van der Waals surface area contributed by atoms with Crippen LogP contribution in [-0.4, -0.2) is 24.1 Å². The average molecular weight is 300 g/mol. The molecule has 2 aromatic rings. The molecule has 21 heavy (non-hydrogen) atoms. The van der Waals surface area contributed by atoms with E-state index >= 15 is 0 Å². The van der Waals surface area contributed by atoms with Gasteiger partial charge in [0.15, 0.2) is 5.84 Å². The number of halogens is 1. The van der Waals surface area contributed by atoms with Crippen LogP contribution in [-0.2, 0) is 11.4 Å². The zero-order valence-electron chi connectivity index (χ0n) is 11.5. The highest BCUT2D eigenvalue weighted by atomic mass is 35.5. The molecule has 0 N–H and O–H groups in total. The van der Waals surface area contributed by atoms with Crippen LogP contribution in [0.2, 0.25) is 5.02 Å². The summed E-state index contributed by atoms with van der Waals surface area (Å²) in [6, 6.07) is 15.5. The molecule has 0 spiro atoms. The fraction of sp³-hybridized carbons (Fsp3) is 0.125. The first-order chi connectivity index (χ1) is 10.3. The Morgan fingerprint density at radius 3 is 2.81 bits per heavy atom. The molecule has 0 atom stereocenters. The van der Waals surface area contributed by atoms with Crippen molar-refractivity contribution in [2.24, 2.45) is 10.3 Å². The van der Waals surface area contributed by atoms with Gasteiger partial charge in [-0.3, -0.25) is 0 Å². The molecule has 4 nitrogen and oxygen atoms in total. The molecule has 0 aliphatic carbocycles. The van der Waals surface area contributed by atoms with Gasteiger partial charge in [0.2, 0.25) is 0 Å². The molecule has 1 heterocycles. The van der Waals surface area contributed by atoms with E-state index in [2.05, 4.69) is 10.3 Å². The normalized spacial score (nSPS) is 13.5. The van der Waals surface area contributed by atoms with E-state index in [1.165, 1.54) is 0 Å². The second kappa shape index (κ2) is 5.97. The Balaban J connectivity index is 1.85. The second-order valence-electron chi connectivity index (χ2n) is 4.64. The summed E-state index contributed by atoms with van der Waals surface area (Å²) in [5.41, 5.74) is 2.99. The van der Waals surface area contributed by atoms with Gasteiger partial charge in [0.25, 0.3) is 0 Å². The molecule has 2 aromatic carbocycles. The first kappa shape index (κ1) is 13.6. The van der Waals surface area contributed by atoms with Gasteiger partial charge >= 0.3 is 0 Å². The molecule has 3 rings (SSSR count). The van der Waals surface area contributed by atoms with Crippen LogP contribution < -0.4 is 0 Å². The number of rotatable bonds is 2. The number of hydrogen-bond donors (Lipinski definition) is 0. The van der Waals surface area contributed by atoms with Crippen molar-refractivity contribution in [3.63, 3.8) is 0 Å². The minimum atomic E-state index is 0.488. The Bertz CT molecular complexity index is 712. The maximum Gasteiger partial charge on any atom is 0.195 e. The molecule has 1 aliphatic rings. The van der Waals surface area contributed by atoms with Crippen molar-refractivity contribution in [3.05, 3.63) is 70.2 Å². The second-order valence-corrected chi connectivity index (χ2v) is 5.04. The lowest BCUT2D eigenvalue weighted by Crippen LogP contribution is -2.26. The number of amidine groups is 1. The quantitative estimate of drug-likeness (QED) is 0.629. The van der Waals surface area contributed by atoms with Gasteiger partial charge in [0.05, 0.1) is 6.21 Å². The lowest BCUT2D eigenvalue weighted by Gasteiger charge is -2.21. The Kier molecular flexibility index (Phi) is 3.88. The monoisotopic (exact) mass is 299 g/mol. The topological polar surface area (TPSA) is 37.2 Å². The van der Waals surface area contributed by atoms with Gasteiger partial charge in [-0.2, -0.15) is 5.10 Å². The van der Waals surface area contributed by atoms with E-state index in [0.29, 0.717) is 17.5 Å². The Labute approximate surface area is 128 Å². The summed E-state index contributed by atoms with van der Waals surface area (Å²) in [6.45, 7) is 0.488. The highest BCUT2D eigenvalue weighted by Gasteiger charge is 2.18. The Hall–Kier alpha value is -2.33. The third kappa shape index (κ3) is 2.90. The van der Waals surface area contributed by atoms with E-state index in [-0.39, 0.29) is 0 Å². The van der Waals surface area contributed by atoms with Crippen molar-refractivity contribution in [2.45, 2.75) is 6.61 Å². The van der Waals surface area contributed by atoms with Crippen LogP contribution in [0.5, 0.6) is 0 Å². The van der Waals surface area contributed by atoms with Crippen LogP contribution in [0.4, 0.5) is 0 Å². The average Bonchev–Trinajstić information content (AvgIpc) is 2.53. The number of hydrazone groups is 1. The highest BCUT2D eigenvalue weighted by Crippen LogP contribution is 2.18. The van der Waals surface area contributed by atoms with Crippen LogP contribution in [0.3, 0.4) is 0 Å². The Morgan fingerprint density at radius 1 is 1.19 bits per heavy atom. The van der Waals surface area contributed by atoms with Gasteiger partial charge in [0, 0.05) is 28.8 Å². The van der Waals surface area contributed by atoms with E-state index in [1.807, 2.05) is 55.6 Å². The van der Waals surface area contributed by atoms with Crippen LogP contribution in [0, 0.1) is 0 Å². The van der Waals surface area contributed by atoms with Crippen molar-refractivity contribution < 1.29 is 4.84 Å². The van der Waals surface area contributed by atoms with Gasteiger partial charge in [-0.1, -0.05) is 59.2 Å². The van der Waals surface area contributed by atoms with Crippen molar-refractivity contribution >= 4 is 23.7 Å². The molecule has 0 saturated heterocycles. The lowest BCUT2D eigenvalue weighted by molar-refractivity contribution is 0.121. The number of benzene rings is 2. The number of oxime groups is 1. The SMILES string of the molecule is CN(/N=C/c1ccccc1Cl)C1=NOCc2ccccc21. The van der Waals surface area contributed by atoms with Gasteiger partial charge in [-0.15, -0.1) is 0 Å². The molecule has 106 valence electrons. The van der Waals surface area contributed by atoms with Gasteiger partial charge < -0.3 is 4.84 Å². The van der Waals surface area contributed by atoms with Crippen LogP contribution in [0.25, 0.3) is 0 Å². The largest absolute Gasteiger partial charge is 0.389 e. The summed E-state index contributed by atoms with van der Waals surface area (Å²) in [6.07, 6.45) is 1.71. The van der Waals surface area contributed by atoms with Gasteiger partial charge in [-0.25, -0.2) is 5.01 Å². The molecular weight excluding hydrogens is 286 g/mol. The zero-order valence-corrected chi connectivity index (χ0v) is 12.3. The number of nitrogens with zero attached hydrogens (tertiary/aromatic N) is 3. The predicted molar refractivity (Wildman–Crippen MR) is 84.6 cm³/mol. The predicted octanol–water partition coefficient (Wildman–Crippen LogP) is 3.50. The van der Waals surface area contributed by atoms with Crippen LogP contribution in [0.1, 0.15) is 16.7 Å². The minimum Gasteiger partial charge on any atom is -0.389 e. The molecular formula is C16H14ClN3O. The summed E-state index contributed by atoms with van der Waals surface area (Å²) in [5, 5.41) is 10.8. The molecule has 5 heteroatoms. The molecule has 0 radical (unpaired) electrons. The van der Waals surface area contributed by atoms with Crippen LogP contribution in [0.15, 0.2) is 58.8 Å². The van der Waals surface area contributed by atoms with Gasteiger partial charge in [0.1, 0.15) is 6.61 Å². The molecule has 0 saturated carbocycles. The maximum atomic E-state index is 6.11. The highest BCUT2D eigenvalue weighted by molar-refractivity contribution is 6.33.